The summed E-state index contributed by atoms with van der Waals surface area (Å²) in [5.41, 5.74) is 2.09. The summed E-state index contributed by atoms with van der Waals surface area (Å²) in [5, 5.41) is 3.27. The summed E-state index contributed by atoms with van der Waals surface area (Å²) in [7, 11) is -2.27. The van der Waals surface area contributed by atoms with Gasteiger partial charge in [0.2, 0.25) is 21.8 Å². The zero-order chi connectivity index (χ0) is 24.8. The first-order chi connectivity index (χ1) is 15.5. The molecule has 0 radical (unpaired) electrons. The van der Waals surface area contributed by atoms with E-state index >= 15 is 0 Å². The lowest BCUT2D eigenvalue weighted by Gasteiger charge is -2.32. The van der Waals surface area contributed by atoms with Crippen LogP contribution in [0.25, 0.3) is 0 Å². The van der Waals surface area contributed by atoms with E-state index < -0.39 is 28.5 Å². The van der Waals surface area contributed by atoms with E-state index in [4.69, 9.17) is 23.2 Å². The Morgan fingerprint density at radius 1 is 1.00 bits per heavy atom. The van der Waals surface area contributed by atoms with Gasteiger partial charge in [-0.1, -0.05) is 55.2 Å². The van der Waals surface area contributed by atoms with Crippen LogP contribution in [-0.2, 0) is 32.6 Å². The van der Waals surface area contributed by atoms with E-state index in [0.29, 0.717) is 27.7 Å². The van der Waals surface area contributed by atoms with E-state index in [9.17, 15) is 18.0 Å². The van der Waals surface area contributed by atoms with Crippen LogP contribution in [0.1, 0.15) is 31.4 Å². The van der Waals surface area contributed by atoms with E-state index in [1.807, 2.05) is 19.1 Å². The van der Waals surface area contributed by atoms with Crippen molar-refractivity contribution < 1.29 is 18.0 Å². The van der Waals surface area contributed by atoms with Crippen LogP contribution in [0.4, 0.5) is 5.69 Å². The van der Waals surface area contributed by atoms with Gasteiger partial charge in [-0.25, -0.2) is 8.42 Å². The number of nitrogens with zero attached hydrogens (tertiary/aromatic N) is 2. The predicted molar refractivity (Wildman–Crippen MR) is 133 cm³/mol. The summed E-state index contributed by atoms with van der Waals surface area (Å²) in [6, 6.07) is 11.2. The maximum absolute atomic E-state index is 13.5. The van der Waals surface area contributed by atoms with Crippen molar-refractivity contribution in [3.05, 3.63) is 63.6 Å². The van der Waals surface area contributed by atoms with Crippen LogP contribution in [0.5, 0.6) is 0 Å². The molecule has 2 aromatic carbocycles. The molecule has 2 rings (SSSR count). The van der Waals surface area contributed by atoms with Gasteiger partial charge >= 0.3 is 0 Å². The van der Waals surface area contributed by atoms with Gasteiger partial charge in [0.1, 0.15) is 12.6 Å². The molecule has 0 heterocycles. The number of hydrogen-bond acceptors (Lipinski definition) is 4. The van der Waals surface area contributed by atoms with Gasteiger partial charge in [0.25, 0.3) is 0 Å². The Balaban J connectivity index is 2.43. The first-order valence-electron chi connectivity index (χ1n) is 10.5. The highest BCUT2D eigenvalue weighted by molar-refractivity contribution is 7.92. The number of sulfonamides is 1. The standard InChI is InChI=1S/C23H29Cl2N3O4S/c1-5-16-7-10-18(11-8-16)28(33(4,31)32)15-22(29)27(21(6-2)23(30)26-3)14-17-9-12-19(24)20(25)13-17/h7-13,21H,5-6,14-15H2,1-4H3,(H,26,30). The van der Waals surface area contributed by atoms with E-state index in [2.05, 4.69) is 5.32 Å². The van der Waals surface area contributed by atoms with Gasteiger partial charge in [-0.2, -0.15) is 0 Å². The number of likely N-dealkylation sites (N-methyl/N-ethyl adjacent to an activating group) is 1. The lowest BCUT2D eigenvalue weighted by molar-refractivity contribution is -0.140. The van der Waals surface area contributed by atoms with Crippen molar-refractivity contribution in [2.75, 3.05) is 24.2 Å². The molecule has 180 valence electrons. The Hall–Kier alpha value is -2.29. The van der Waals surface area contributed by atoms with Crippen LogP contribution in [0.2, 0.25) is 10.0 Å². The first kappa shape index (κ1) is 27.0. The van der Waals surface area contributed by atoms with Gasteiger partial charge in [0, 0.05) is 13.6 Å². The highest BCUT2D eigenvalue weighted by atomic mass is 35.5. The van der Waals surface area contributed by atoms with Crippen LogP contribution in [0.15, 0.2) is 42.5 Å². The molecular formula is C23H29Cl2N3O4S. The van der Waals surface area contributed by atoms with E-state index in [0.717, 1.165) is 22.5 Å². The molecule has 0 saturated heterocycles. The molecule has 2 amide bonds. The van der Waals surface area contributed by atoms with Crippen LogP contribution in [0, 0.1) is 0 Å². The Bertz CT molecular complexity index is 1090. The molecule has 2 aromatic rings. The van der Waals surface area contributed by atoms with Crippen LogP contribution >= 0.6 is 23.2 Å². The minimum atomic E-state index is -3.76. The molecule has 0 aliphatic heterocycles. The minimum Gasteiger partial charge on any atom is -0.357 e. The molecular weight excluding hydrogens is 485 g/mol. The summed E-state index contributed by atoms with van der Waals surface area (Å²) in [6.07, 6.45) is 2.20. The van der Waals surface area contributed by atoms with Crippen molar-refractivity contribution in [3.8, 4) is 0 Å². The average molecular weight is 514 g/mol. The summed E-state index contributed by atoms with van der Waals surface area (Å²) in [5.74, 6) is -0.856. The third kappa shape index (κ3) is 7.09. The molecule has 0 aliphatic carbocycles. The normalized spacial score (nSPS) is 12.2. The number of hydrogen-bond donors (Lipinski definition) is 1. The zero-order valence-electron chi connectivity index (χ0n) is 19.1. The SMILES string of the molecule is CCc1ccc(N(CC(=O)N(Cc2ccc(Cl)c(Cl)c2)C(CC)C(=O)NC)S(C)(=O)=O)cc1. The number of nitrogens with one attached hydrogen (secondary N) is 1. The summed E-state index contributed by atoms with van der Waals surface area (Å²) < 4.78 is 26.2. The number of halogens is 2. The topological polar surface area (TPSA) is 86.8 Å². The monoisotopic (exact) mass is 513 g/mol. The molecule has 10 heteroatoms. The van der Waals surface area contributed by atoms with Gasteiger partial charge in [-0.3, -0.25) is 13.9 Å². The van der Waals surface area contributed by atoms with Crippen molar-refractivity contribution in [2.24, 2.45) is 0 Å². The van der Waals surface area contributed by atoms with E-state index in [-0.39, 0.29) is 12.5 Å². The summed E-state index contributed by atoms with van der Waals surface area (Å²) in [4.78, 5) is 27.4. The quantitative estimate of drug-likeness (QED) is 0.522. The summed E-state index contributed by atoms with van der Waals surface area (Å²) in [6.45, 7) is 3.40. The van der Waals surface area contributed by atoms with Crippen molar-refractivity contribution in [3.63, 3.8) is 0 Å². The smallest absolute Gasteiger partial charge is 0.244 e. The molecule has 0 bridgehead atoms. The fourth-order valence-electron chi connectivity index (χ4n) is 3.43. The second kappa shape index (κ2) is 11.7. The van der Waals surface area contributed by atoms with Crippen molar-refractivity contribution >= 4 is 50.7 Å². The molecule has 0 aliphatic rings. The second-order valence-corrected chi connectivity index (χ2v) is 10.3. The number of aryl methyl sites for hydroxylation is 1. The minimum absolute atomic E-state index is 0.0635. The fourth-order valence-corrected chi connectivity index (χ4v) is 4.60. The molecule has 33 heavy (non-hydrogen) atoms. The zero-order valence-corrected chi connectivity index (χ0v) is 21.5. The van der Waals surface area contributed by atoms with Crippen LogP contribution < -0.4 is 9.62 Å². The second-order valence-electron chi connectivity index (χ2n) is 7.60. The lowest BCUT2D eigenvalue weighted by atomic mass is 10.1. The Morgan fingerprint density at radius 2 is 1.61 bits per heavy atom. The van der Waals surface area contributed by atoms with Gasteiger partial charge in [0.15, 0.2) is 0 Å². The lowest BCUT2D eigenvalue weighted by Crippen LogP contribution is -2.51. The number of benzene rings is 2. The summed E-state index contributed by atoms with van der Waals surface area (Å²) >= 11 is 12.1. The number of anilines is 1. The maximum atomic E-state index is 13.5. The Morgan fingerprint density at radius 3 is 2.09 bits per heavy atom. The molecule has 7 nitrogen and oxygen atoms in total. The molecule has 1 atom stereocenters. The number of rotatable bonds is 10. The predicted octanol–water partition coefficient (Wildman–Crippen LogP) is 3.88. The van der Waals surface area contributed by atoms with Gasteiger partial charge in [-0.15, -0.1) is 0 Å². The van der Waals surface area contributed by atoms with Crippen molar-refractivity contribution in [1.82, 2.24) is 10.2 Å². The van der Waals surface area contributed by atoms with Crippen molar-refractivity contribution in [2.45, 2.75) is 39.3 Å². The number of amides is 2. The van der Waals surface area contributed by atoms with E-state index in [1.165, 1.54) is 11.9 Å². The molecule has 1 unspecified atom stereocenters. The number of carbonyl (C=O) groups is 2. The van der Waals surface area contributed by atoms with E-state index in [1.54, 1.807) is 37.3 Å². The molecule has 0 aromatic heterocycles. The molecule has 0 spiro atoms. The van der Waals surface area contributed by atoms with Gasteiger partial charge in [0.05, 0.1) is 22.0 Å². The third-order valence-corrected chi connectivity index (χ3v) is 7.16. The van der Waals surface area contributed by atoms with Crippen LogP contribution in [-0.4, -0.2) is 51.0 Å². The fraction of sp³-hybridized carbons (Fsp3) is 0.391. The number of carbonyl (C=O) groups excluding carboxylic acids is 2. The molecule has 0 saturated carbocycles. The highest BCUT2D eigenvalue weighted by Gasteiger charge is 2.31. The molecule has 0 fully saturated rings. The maximum Gasteiger partial charge on any atom is 0.244 e. The van der Waals surface area contributed by atoms with Crippen LogP contribution in [0.3, 0.4) is 0 Å². The van der Waals surface area contributed by atoms with Crippen molar-refractivity contribution in [1.29, 1.82) is 0 Å². The van der Waals surface area contributed by atoms with Gasteiger partial charge in [-0.05, 0) is 48.2 Å². The highest BCUT2D eigenvalue weighted by Crippen LogP contribution is 2.25. The average Bonchev–Trinajstić information content (AvgIpc) is 2.78. The largest absolute Gasteiger partial charge is 0.357 e. The van der Waals surface area contributed by atoms with Gasteiger partial charge < -0.3 is 10.2 Å². The Labute approximate surface area is 205 Å². The molecule has 1 N–H and O–H groups in total. The first-order valence-corrected chi connectivity index (χ1v) is 13.1. The Kier molecular flexibility index (Phi) is 9.57. The third-order valence-electron chi connectivity index (χ3n) is 5.28.